The molecule has 4 heteroatoms. The third kappa shape index (κ3) is 3.46. The van der Waals surface area contributed by atoms with Gasteiger partial charge in [0.15, 0.2) is 0 Å². The average molecular weight is 265 g/mol. The van der Waals surface area contributed by atoms with E-state index in [1.807, 2.05) is 0 Å². The fourth-order valence-electron chi connectivity index (χ4n) is 2.53. The van der Waals surface area contributed by atoms with Gasteiger partial charge in [-0.3, -0.25) is 0 Å². The minimum Gasteiger partial charge on any atom is -0.478 e. The Morgan fingerprint density at radius 1 is 1.37 bits per heavy atom. The molecule has 104 valence electrons. The van der Waals surface area contributed by atoms with Gasteiger partial charge in [-0.25, -0.2) is 9.18 Å². The van der Waals surface area contributed by atoms with Crippen molar-refractivity contribution < 1.29 is 14.3 Å². The summed E-state index contributed by atoms with van der Waals surface area (Å²) in [6, 6.07) is 4.09. The van der Waals surface area contributed by atoms with E-state index in [4.69, 9.17) is 5.11 Å². The van der Waals surface area contributed by atoms with Crippen molar-refractivity contribution in [3.63, 3.8) is 0 Å². The van der Waals surface area contributed by atoms with Crippen LogP contribution in [-0.2, 0) is 0 Å². The van der Waals surface area contributed by atoms with Crippen LogP contribution in [0.3, 0.4) is 0 Å². The molecule has 0 radical (unpaired) electrons. The molecular formula is C15H20FNO2. The second kappa shape index (κ2) is 5.19. The molecule has 1 aromatic rings. The van der Waals surface area contributed by atoms with Crippen LogP contribution in [-0.4, -0.2) is 17.1 Å². The predicted octanol–water partition coefficient (Wildman–Crippen LogP) is 3.90. The molecule has 2 rings (SSSR count). The lowest BCUT2D eigenvalue weighted by Crippen LogP contribution is -2.30. The summed E-state index contributed by atoms with van der Waals surface area (Å²) in [6.07, 6.45) is 4.18. The number of rotatable bonds is 3. The molecule has 2 N–H and O–H groups in total. The highest BCUT2D eigenvalue weighted by Crippen LogP contribution is 2.36. The normalized spacial score (nSPS) is 19.1. The maximum Gasteiger partial charge on any atom is 0.335 e. The topological polar surface area (TPSA) is 49.3 Å². The zero-order valence-corrected chi connectivity index (χ0v) is 11.4. The fourth-order valence-corrected chi connectivity index (χ4v) is 2.53. The third-order valence-corrected chi connectivity index (χ3v) is 3.91. The van der Waals surface area contributed by atoms with E-state index >= 15 is 0 Å². The molecule has 1 fully saturated rings. The summed E-state index contributed by atoms with van der Waals surface area (Å²) in [5, 5.41) is 12.1. The van der Waals surface area contributed by atoms with Crippen LogP contribution in [0.25, 0.3) is 0 Å². The van der Waals surface area contributed by atoms with Gasteiger partial charge in [-0.05, 0) is 49.3 Å². The SMILES string of the molecule is CC1(C)CCC(Nc2cc(C(=O)O)ccc2F)CC1. The molecule has 0 aromatic heterocycles. The largest absolute Gasteiger partial charge is 0.478 e. The Morgan fingerprint density at radius 2 is 2.00 bits per heavy atom. The summed E-state index contributed by atoms with van der Waals surface area (Å²) in [5.41, 5.74) is 0.768. The molecule has 0 unspecified atom stereocenters. The maximum atomic E-state index is 13.7. The van der Waals surface area contributed by atoms with Crippen molar-refractivity contribution in [3.8, 4) is 0 Å². The van der Waals surface area contributed by atoms with Crippen molar-refractivity contribution in [3.05, 3.63) is 29.6 Å². The molecule has 0 spiro atoms. The number of carbonyl (C=O) groups is 1. The molecule has 1 aromatic carbocycles. The molecule has 1 aliphatic rings. The summed E-state index contributed by atoms with van der Waals surface area (Å²) < 4.78 is 13.7. The lowest BCUT2D eigenvalue weighted by Gasteiger charge is -2.35. The Kier molecular flexibility index (Phi) is 3.78. The quantitative estimate of drug-likeness (QED) is 0.871. The Balaban J connectivity index is 2.07. The minimum atomic E-state index is -1.03. The lowest BCUT2D eigenvalue weighted by atomic mass is 9.75. The Morgan fingerprint density at radius 3 is 2.58 bits per heavy atom. The van der Waals surface area contributed by atoms with E-state index in [1.165, 1.54) is 18.2 Å². The molecule has 0 aliphatic heterocycles. The zero-order chi connectivity index (χ0) is 14.0. The monoisotopic (exact) mass is 265 g/mol. The first-order valence-corrected chi connectivity index (χ1v) is 6.67. The lowest BCUT2D eigenvalue weighted by molar-refractivity contribution is 0.0697. The van der Waals surface area contributed by atoms with E-state index in [-0.39, 0.29) is 11.6 Å². The number of aromatic carboxylic acids is 1. The first-order valence-electron chi connectivity index (χ1n) is 6.67. The van der Waals surface area contributed by atoms with E-state index in [9.17, 15) is 9.18 Å². The summed E-state index contributed by atoms with van der Waals surface area (Å²) in [7, 11) is 0. The number of halogens is 1. The van der Waals surface area contributed by atoms with E-state index in [0.717, 1.165) is 25.7 Å². The van der Waals surface area contributed by atoms with Crippen LogP contribution in [0, 0.1) is 11.2 Å². The number of carboxylic acids is 1. The van der Waals surface area contributed by atoms with Gasteiger partial charge >= 0.3 is 5.97 Å². The van der Waals surface area contributed by atoms with Gasteiger partial charge in [0.25, 0.3) is 0 Å². The summed E-state index contributed by atoms with van der Waals surface area (Å²) in [4.78, 5) is 10.9. The van der Waals surface area contributed by atoms with Gasteiger partial charge < -0.3 is 10.4 Å². The number of hydrogen-bond donors (Lipinski definition) is 2. The summed E-state index contributed by atoms with van der Waals surface area (Å²) in [5.74, 6) is -1.43. The second-order valence-corrected chi connectivity index (χ2v) is 6.08. The summed E-state index contributed by atoms with van der Waals surface area (Å²) in [6.45, 7) is 4.49. The Labute approximate surface area is 112 Å². The molecule has 0 bridgehead atoms. The number of nitrogens with one attached hydrogen (secondary N) is 1. The van der Waals surface area contributed by atoms with Gasteiger partial charge in [-0.2, -0.15) is 0 Å². The van der Waals surface area contributed by atoms with Gasteiger partial charge in [0.1, 0.15) is 5.82 Å². The van der Waals surface area contributed by atoms with E-state index in [2.05, 4.69) is 19.2 Å². The average Bonchev–Trinajstić information content (AvgIpc) is 2.34. The van der Waals surface area contributed by atoms with Crippen molar-refractivity contribution in [2.75, 3.05) is 5.32 Å². The molecule has 0 atom stereocenters. The highest BCUT2D eigenvalue weighted by molar-refractivity contribution is 5.88. The van der Waals surface area contributed by atoms with Crippen LogP contribution in [0.4, 0.5) is 10.1 Å². The molecular weight excluding hydrogens is 245 g/mol. The van der Waals surface area contributed by atoms with Crippen LogP contribution in [0.15, 0.2) is 18.2 Å². The maximum absolute atomic E-state index is 13.7. The van der Waals surface area contributed by atoms with Crippen LogP contribution in [0.2, 0.25) is 0 Å². The number of hydrogen-bond acceptors (Lipinski definition) is 2. The minimum absolute atomic E-state index is 0.111. The van der Waals surface area contributed by atoms with Gasteiger partial charge in [0.05, 0.1) is 11.3 Å². The molecule has 0 amide bonds. The van der Waals surface area contributed by atoms with Crippen molar-refractivity contribution in [2.45, 2.75) is 45.6 Å². The Hall–Kier alpha value is -1.58. The van der Waals surface area contributed by atoms with Gasteiger partial charge in [0, 0.05) is 6.04 Å². The van der Waals surface area contributed by atoms with E-state index in [1.54, 1.807) is 0 Å². The molecule has 19 heavy (non-hydrogen) atoms. The molecule has 1 saturated carbocycles. The van der Waals surface area contributed by atoms with Crippen molar-refractivity contribution in [1.29, 1.82) is 0 Å². The smallest absolute Gasteiger partial charge is 0.335 e. The highest BCUT2D eigenvalue weighted by Gasteiger charge is 2.27. The highest BCUT2D eigenvalue weighted by atomic mass is 19.1. The second-order valence-electron chi connectivity index (χ2n) is 6.08. The molecule has 0 saturated heterocycles. The third-order valence-electron chi connectivity index (χ3n) is 3.91. The Bertz CT molecular complexity index is 475. The van der Waals surface area contributed by atoms with Crippen LogP contribution in [0.1, 0.15) is 49.9 Å². The summed E-state index contributed by atoms with van der Waals surface area (Å²) >= 11 is 0. The van der Waals surface area contributed by atoms with Crippen molar-refractivity contribution in [2.24, 2.45) is 5.41 Å². The predicted molar refractivity (Wildman–Crippen MR) is 73.0 cm³/mol. The standard InChI is InChI=1S/C15H20FNO2/c1-15(2)7-5-11(6-8-15)17-13-9-10(14(18)19)3-4-12(13)16/h3-4,9,11,17H,5-8H2,1-2H3,(H,18,19). The van der Waals surface area contributed by atoms with E-state index < -0.39 is 11.8 Å². The van der Waals surface area contributed by atoms with Crippen molar-refractivity contribution >= 4 is 11.7 Å². The van der Waals surface area contributed by atoms with Crippen LogP contribution >= 0.6 is 0 Å². The van der Waals surface area contributed by atoms with Gasteiger partial charge in [-0.1, -0.05) is 13.8 Å². The first-order chi connectivity index (χ1) is 8.87. The fraction of sp³-hybridized carbons (Fsp3) is 0.533. The number of benzene rings is 1. The zero-order valence-electron chi connectivity index (χ0n) is 11.4. The molecule has 0 heterocycles. The van der Waals surface area contributed by atoms with Crippen LogP contribution < -0.4 is 5.32 Å². The van der Waals surface area contributed by atoms with Gasteiger partial charge in [-0.15, -0.1) is 0 Å². The van der Waals surface area contributed by atoms with E-state index in [0.29, 0.717) is 11.1 Å². The number of carboxylic acid groups (broad SMARTS) is 1. The number of anilines is 1. The van der Waals surface area contributed by atoms with Crippen molar-refractivity contribution in [1.82, 2.24) is 0 Å². The van der Waals surface area contributed by atoms with Crippen LogP contribution in [0.5, 0.6) is 0 Å². The molecule has 3 nitrogen and oxygen atoms in total. The first kappa shape index (κ1) is 13.8. The van der Waals surface area contributed by atoms with Gasteiger partial charge in [0.2, 0.25) is 0 Å². The molecule has 1 aliphatic carbocycles.